The van der Waals surface area contributed by atoms with Crippen LogP contribution in [0, 0.1) is 5.92 Å². The SMILES string of the molecule is CC(C)(C)OC(=O)N1CC2(C1)C(=O)Nc1ccccc12.CC(C)CN1C(=O)C2(CN(S(C)(=O)=O)C2)c2ccccc21.CS(=O)(=O)N1CC2(C1)C(=O)N(CC=O)c1ccccc12.CS(=O)(=O)N1CC2(C1)C(=O)N(Cc1nc3c(n1CCCC(F)(F)F)CCC3)c1ccccc12.CS(=O)(=O)N1CC2(C1)C(=O)Nc1ccccc12. The summed E-state index contributed by atoms with van der Waals surface area (Å²) in [6.07, 6.45) is 2.29. The van der Waals surface area contributed by atoms with Crippen LogP contribution >= 0.6 is 0 Å². The second-order valence-corrected chi connectivity index (χ2v) is 39.8. The van der Waals surface area contributed by atoms with Crippen molar-refractivity contribution in [3.05, 3.63) is 166 Å². The van der Waals surface area contributed by atoms with Crippen molar-refractivity contribution in [2.24, 2.45) is 5.92 Å². The molecule has 1 aliphatic carbocycles. The van der Waals surface area contributed by atoms with Gasteiger partial charge in [0.05, 0.1) is 43.8 Å². The minimum Gasteiger partial charge on any atom is -0.444 e. The fourth-order valence-electron chi connectivity index (χ4n) is 16.7. The molecule has 5 spiro atoms. The predicted octanol–water partition coefficient (Wildman–Crippen LogP) is 6.00. The number of rotatable bonds is 13. The van der Waals surface area contributed by atoms with Crippen LogP contribution in [-0.4, -0.2) is 223 Å². The summed E-state index contributed by atoms with van der Waals surface area (Å²) >= 11 is 0. The maximum Gasteiger partial charge on any atom is 0.410 e. The van der Waals surface area contributed by atoms with Crippen molar-refractivity contribution in [1.29, 1.82) is 0 Å². The molecule has 0 bridgehead atoms. The molecule has 0 radical (unpaired) electrons. The number of benzene rings is 5. The van der Waals surface area contributed by atoms with Crippen LogP contribution in [0.3, 0.4) is 0 Å². The van der Waals surface area contributed by atoms with Crippen LogP contribution in [0.5, 0.6) is 0 Å². The van der Waals surface area contributed by atoms with E-state index in [4.69, 9.17) is 9.72 Å². The highest BCUT2D eigenvalue weighted by atomic mass is 32.2. The van der Waals surface area contributed by atoms with E-state index in [0.29, 0.717) is 49.0 Å². The van der Waals surface area contributed by atoms with Gasteiger partial charge in [0.25, 0.3) is 0 Å². The summed E-state index contributed by atoms with van der Waals surface area (Å²) in [4.78, 5) is 97.1. The Hall–Kier alpha value is -8.97. The molecule has 2 N–H and O–H groups in total. The Bertz CT molecular complexity index is 5270. The number of sulfonamides is 4. The number of anilines is 5. The van der Waals surface area contributed by atoms with Crippen molar-refractivity contribution in [3.63, 3.8) is 0 Å². The van der Waals surface area contributed by atoms with Gasteiger partial charge in [0, 0.05) is 119 Å². The third-order valence-electron chi connectivity index (χ3n) is 22.4. The molecule has 0 unspecified atom stereocenters. The Morgan fingerprint density at radius 2 is 0.892 bits per heavy atom. The lowest BCUT2D eigenvalue weighted by Crippen LogP contribution is -2.65. The van der Waals surface area contributed by atoms with Crippen LogP contribution in [0.15, 0.2) is 121 Å². The molecule has 1 aromatic heterocycles. The number of aryl methyl sites for hydroxylation is 1. The number of ether oxygens (including phenoxy) is 1. The number of fused-ring (bicyclic) bond motifs is 11. The average Bonchev–Trinajstić information content (AvgIpc) is 1.58. The van der Waals surface area contributed by atoms with Crippen molar-refractivity contribution in [3.8, 4) is 0 Å². The summed E-state index contributed by atoms with van der Waals surface area (Å²) in [5.74, 6) is 0.485. The van der Waals surface area contributed by atoms with Crippen LogP contribution in [0.2, 0.25) is 0 Å². The fraction of sp³-hybridized carbons (Fsp3) is 0.474. The number of amides is 6. The van der Waals surface area contributed by atoms with E-state index >= 15 is 0 Å². The lowest BCUT2D eigenvalue weighted by atomic mass is 9.75. The molecule has 28 nitrogen and oxygen atoms in total. The van der Waals surface area contributed by atoms with E-state index in [-0.39, 0.29) is 114 Å². The first kappa shape index (κ1) is 80.1. The number of likely N-dealkylation sites (tertiary alicyclic amines) is 1. The lowest BCUT2D eigenvalue weighted by molar-refractivity contribution is -0.136. The molecule has 111 heavy (non-hydrogen) atoms. The van der Waals surface area contributed by atoms with Gasteiger partial charge < -0.3 is 44.3 Å². The van der Waals surface area contributed by atoms with Crippen LogP contribution in [0.1, 0.15) is 98.9 Å². The molecule has 6 aromatic rings. The van der Waals surface area contributed by atoms with E-state index in [9.17, 15) is 80.4 Å². The Morgan fingerprint density at radius 3 is 1.30 bits per heavy atom. The Labute approximate surface area is 643 Å². The van der Waals surface area contributed by atoms with Crippen LogP contribution in [0.4, 0.5) is 46.4 Å². The summed E-state index contributed by atoms with van der Waals surface area (Å²) in [5.41, 5.74) is 6.13. The molecule has 0 atom stereocenters. The number of carbonyl (C=O) groups is 7. The number of para-hydroxylation sites is 5. The molecule has 594 valence electrons. The minimum absolute atomic E-state index is 0.00350. The van der Waals surface area contributed by atoms with E-state index in [1.165, 1.54) is 34.6 Å². The van der Waals surface area contributed by atoms with Gasteiger partial charge in [-0.1, -0.05) is 105 Å². The van der Waals surface area contributed by atoms with Crippen LogP contribution < -0.4 is 25.3 Å². The molecule has 35 heteroatoms. The largest absolute Gasteiger partial charge is 0.444 e. The highest BCUT2D eigenvalue weighted by Crippen LogP contribution is 2.52. The second-order valence-electron chi connectivity index (χ2n) is 31.9. The van der Waals surface area contributed by atoms with Gasteiger partial charge in [0.15, 0.2) is 0 Å². The molecular formula is C76H89F3N12O16S4. The lowest BCUT2D eigenvalue weighted by Gasteiger charge is -2.46. The molecule has 11 heterocycles. The Morgan fingerprint density at radius 1 is 0.523 bits per heavy atom. The van der Waals surface area contributed by atoms with E-state index in [1.807, 2.05) is 139 Å². The highest BCUT2D eigenvalue weighted by molar-refractivity contribution is 7.89. The Kier molecular flexibility index (Phi) is 20.6. The number of nitrogens with zero attached hydrogens (tertiary/aromatic N) is 10. The van der Waals surface area contributed by atoms with Gasteiger partial charge in [-0.05, 0) is 111 Å². The van der Waals surface area contributed by atoms with Crippen molar-refractivity contribution in [1.82, 2.24) is 31.7 Å². The molecule has 6 amide bonds. The fourth-order valence-corrected chi connectivity index (χ4v) is 20.4. The second kappa shape index (κ2) is 28.6. The highest BCUT2D eigenvalue weighted by Gasteiger charge is 2.64. The first-order valence-electron chi connectivity index (χ1n) is 36.3. The average molecular weight is 1610 g/mol. The van der Waals surface area contributed by atoms with Crippen molar-refractivity contribution >= 4 is 110 Å². The number of aldehydes is 1. The maximum atomic E-state index is 13.6. The zero-order valence-corrected chi connectivity index (χ0v) is 66.2. The number of hydrogen-bond acceptors (Lipinski definition) is 17. The molecule has 10 aliphatic heterocycles. The number of aromatic nitrogens is 2. The topological polar surface area (TPSA) is 333 Å². The third kappa shape index (κ3) is 14.5. The molecule has 0 saturated carbocycles. The van der Waals surface area contributed by atoms with Gasteiger partial charge in [0.2, 0.25) is 69.6 Å². The van der Waals surface area contributed by atoms with Gasteiger partial charge in [-0.3, -0.25) is 24.0 Å². The summed E-state index contributed by atoms with van der Waals surface area (Å²) in [6.45, 7) is 12.9. The van der Waals surface area contributed by atoms with Gasteiger partial charge >= 0.3 is 12.3 Å². The first-order chi connectivity index (χ1) is 51.9. The van der Waals surface area contributed by atoms with Gasteiger partial charge in [-0.2, -0.15) is 30.4 Å². The smallest absolute Gasteiger partial charge is 0.410 e. The summed E-state index contributed by atoms with van der Waals surface area (Å²) < 4.78 is 144. The summed E-state index contributed by atoms with van der Waals surface area (Å²) in [6, 6.07) is 37.4. The van der Waals surface area contributed by atoms with E-state index in [2.05, 4.69) is 24.5 Å². The maximum absolute atomic E-state index is 13.6. The molecule has 5 fully saturated rings. The minimum atomic E-state index is -4.21. The quantitative estimate of drug-likeness (QED) is 0.125. The number of hydrogen-bond donors (Lipinski definition) is 2. The van der Waals surface area contributed by atoms with Crippen molar-refractivity contribution in [2.45, 2.75) is 119 Å². The van der Waals surface area contributed by atoms with Gasteiger partial charge in [-0.25, -0.2) is 43.4 Å². The van der Waals surface area contributed by atoms with Crippen molar-refractivity contribution in [2.75, 3.05) is 129 Å². The normalized spacial score (nSPS) is 20.5. The van der Waals surface area contributed by atoms with Crippen molar-refractivity contribution < 1.29 is 85.1 Å². The standard InChI is InChI=1S/C22H25F3N4O3S.C15H20N2O3S.C15H18N2O3.C13H14N2O4S.C11H12N2O3S/c1-33(31,32)27-13-21(14-27)15-6-2-3-8-17(15)29(20(21)30)12-19-26-16-7-4-9-18(16)28(19)11-5-10-22(23,24)25;1-11(2)8-17-13-7-5-4-6-12(13)15(14(17)18)9-16(10-15)21(3,19)20;1-14(2,3)20-13(19)17-8-15(9-17)10-6-4-5-7-11(10)16-12(15)18;1-20(18,19)14-8-13(9-14)10-4-2-3-5-11(10)15(6-7-16)12(13)17;1-17(15,16)13-6-11(7-13)8-4-2-3-5-9(8)12-10(11)14/h2-3,6,8H,4-5,7,9-14H2,1H3;4-7,11H,8-10H2,1-3H3;4-7H,8-9H2,1-3H3,(H,16,18);2-5,7H,6,8-9H2,1H3;2-5H,6-7H2,1H3,(H,12,14). The molecular weight excluding hydrogens is 1520 g/mol. The van der Waals surface area contributed by atoms with E-state index in [0.717, 1.165) is 88.0 Å². The number of imidazole rings is 1. The van der Waals surface area contributed by atoms with E-state index in [1.54, 1.807) is 21.9 Å². The zero-order valence-electron chi connectivity index (χ0n) is 62.9. The van der Waals surface area contributed by atoms with Crippen LogP contribution in [0.25, 0.3) is 0 Å². The number of nitrogens with one attached hydrogen (secondary N) is 2. The number of halogens is 3. The predicted molar refractivity (Wildman–Crippen MR) is 408 cm³/mol. The molecule has 5 saturated heterocycles. The van der Waals surface area contributed by atoms with Crippen LogP contribution in [-0.2, 0) is 127 Å². The molecule has 5 aromatic carbocycles. The molecule has 11 aliphatic rings. The van der Waals surface area contributed by atoms with Gasteiger partial charge in [0.1, 0.15) is 44.8 Å². The first-order valence-corrected chi connectivity index (χ1v) is 43.7. The number of alkyl halides is 3. The third-order valence-corrected chi connectivity index (χ3v) is 27.2. The summed E-state index contributed by atoms with van der Waals surface area (Å²) in [7, 11) is -13.1. The summed E-state index contributed by atoms with van der Waals surface area (Å²) in [5, 5.41) is 5.68. The zero-order chi connectivity index (χ0) is 80.4. The monoisotopic (exact) mass is 1610 g/mol. The van der Waals surface area contributed by atoms with Gasteiger partial charge in [-0.15, -0.1) is 0 Å². The number of carbonyl (C=O) groups excluding carboxylic acids is 7. The molecule has 17 rings (SSSR count). The Balaban J connectivity index is 0.000000124. The van der Waals surface area contributed by atoms with E-state index < -0.39 is 85.4 Å².